The van der Waals surface area contributed by atoms with Gasteiger partial charge < -0.3 is 10.6 Å². The Morgan fingerprint density at radius 3 is 2.69 bits per heavy atom. The molecule has 1 unspecified atom stereocenters. The number of hydrogen-bond acceptors (Lipinski definition) is 2. The van der Waals surface area contributed by atoms with Crippen LogP contribution in [0.4, 0.5) is 4.79 Å². The second-order valence-electron chi connectivity index (χ2n) is 4.41. The summed E-state index contributed by atoms with van der Waals surface area (Å²) in [5.74, 6) is 0.339. The number of hydrogen-bond donors (Lipinski definition) is 2. The van der Waals surface area contributed by atoms with E-state index in [9.17, 15) is 4.79 Å². The van der Waals surface area contributed by atoms with Crippen LogP contribution >= 0.6 is 0 Å². The van der Waals surface area contributed by atoms with Crippen LogP contribution in [0.1, 0.15) is 45.4 Å². The van der Waals surface area contributed by atoms with Crippen LogP contribution in [-0.2, 0) is 0 Å². The van der Waals surface area contributed by atoms with Gasteiger partial charge in [-0.15, -0.1) is 0 Å². The Kier molecular flexibility index (Phi) is 5.69. The molecule has 1 aliphatic rings. The van der Waals surface area contributed by atoms with Crippen molar-refractivity contribution in [3.05, 3.63) is 0 Å². The lowest BCUT2D eigenvalue weighted by Gasteiger charge is -2.26. The van der Waals surface area contributed by atoms with Gasteiger partial charge in [0.05, 0.1) is 6.07 Å². The highest BCUT2D eigenvalue weighted by molar-refractivity contribution is 5.74. The van der Waals surface area contributed by atoms with Gasteiger partial charge in [-0.25, -0.2) is 4.79 Å². The largest absolute Gasteiger partial charge is 0.338 e. The van der Waals surface area contributed by atoms with E-state index in [-0.39, 0.29) is 12.1 Å². The summed E-state index contributed by atoms with van der Waals surface area (Å²) in [6.07, 6.45) is 6.66. The van der Waals surface area contributed by atoms with E-state index in [0.29, 0.717) is 12.5 Å². The van der Waals surface area contributed by atoms with Gasteiger partial charge in [0.15, 0.2) is 0 Å². The molecule has 0 aromatic carbocycles. The molecule has 16 heavy (non-hydrogen) atoms. The molecular formula is C12H21N3O. The van der Waals surface area contributed by atoms with Gasteiger partial charge in [0.25, 0.3) is 0 Å². The van der Waals surface area contributed by atoms with Crippen LogP contribution in [-0.4, -0.2) is 18.6 Å². The first-order valence-electron chi connectivity index (χ1n) is 6.22. The van der Waals surface area contributed by atoms with E-state index < -0.39 is 0 Å². The number of rotatable bonds is 4. The Bertz CT molecular complexity index is 253. The van der Waals surface area contributed by atoms with E-state index in [1.54, 1.807) is 0 Å². The fourth-order valence-electron chi connectivity index (χ4n) is 2.15. The summed E-state index contributed by atoms with van der Waals surface area (Å²) >= 11 is 0. The average molecular weight is 223 g/mol. The number of carbonyl (C=O) groups excluding carboxylic acids is 1. The molecule has 4 heteroatoms. The molecule has 1 saturated carbocycles. The Morgan fingerprint density at radius 1 is 1.44 bits per heavy atom. The van der Waals surface area contributed by atoms with Gasteiger partial charge in [-0.05, 0) is 25.2 Å². The second-order valence-corrected chi connectivity index (χ2v) is 4.41. The van der Waals surface area contributed by atoms with Crippen LogP contribution in [0.3, 0.4) is 0 Å². The molecule has 1 rings (SSSR count). The van der Waals surface area contributed by atoms with Gasteiger partial charge in [0.1, 0.15) is 6.04 Å². The first-order valence-corrected chi connectivity index (χ1v) is 6.22. The fourth-order valence-corrected chi connectivity index (χ4v) is 2.15. The van der Waals surface area contributed by atoms with Crippen molar-refractivity contribution in [3.63, 3.8) is 0 Å². The predicted octanol–water partition coefficient (Wildman–Crippen LogP) is 2.17. The van der Waals surface area contributed by atoms with Crippen LogP contribution in [0, 0.1) is 17.2 Å². The number of amides is 2. The van der Waals surface area contributed by atoms with E-state index in [1.165, 1.54) is 19.3 Å². The molecule has 4 nitrogen and oxygen atoms in total. The van der Waals surface area contributed by atoms with Crippen molar-refractivity contribution in [3.8, 4) is 6.07 Å². The third kappa shape index (κ3) is 4.09. The normalized spacial score (nSPS) is 18.5. The molecule has 0 aromatic heterocycles. The average Bonchev–Trinajstić information content (AvgIpc) is 2.34. The number of nitrogens with zero attached hydrogens (tertiary/aromatic N) is 1. The standard InChI is InChI=1S/C12H21N3O/c1-2-8-14-12(16)15-11(9-13)10-6-4-3-5-7-10/h10-11H,2-8H2,1H3,(H2,14,15,16). The SMILES string of the molecule is CCCNC(=O)NC(C#N)C1CCCCC1. The molecule has 0 bridgehead atoms. The maximum atomic E-state index is 11.4. The Labute approximate surface area is 97.4 Å². The summed E-state index contributed by atoms with van der Waals surface area (Å²) in [7, 11) is 0. The Balaban J connectivity index is 2.36. The highest BCUT2D eigenvalue weighted by Gasteiger charge is 2.24. The molecule has 90 valence electrons. The monoisotopic (exact) mass is 223 g/mol. The second kappa shape index (κ2) is 7.10. The van der Waals surface area contributed by atoms with Crippen LogP contribution < -0.4 is 10.6 Å². The van der Waals surface area contributed by atoms with Gasteiger partial charge in [-0.3, -0.25) is 0 Å². The van der Waals surface area contributed by atoms with E-state index in [0.717, 1.165) is 19.3 Å². The minimum atomic E-state index is -0.322. The molecule has 2 N–H and O–H groups in total. The molecule has 0 spiro atoms. The predicted molar refractivity (Wildman–Crippen MR) is 62.8 cm³/mol. The van der Waals surface area contributed by atoms with Crippen molar-refractivity contribution in [2.24, 2.45) is 5.92 Å². The number of nitrogens with one attached hydrogen (secondary N) is 2. The summed E-state index contributed by atoms with van der Waals surface area (Å²) < 4.78 is 0. The lowest BCUT2D eigenvalue weighted by Crippen LogP contribution is -2.45. The van der Waals surface area contributed by atoms with Crippen LogP contribution in [0.25, 0.3) is 0 Å². The zero-order valence-electron chi connectivity index (χ0n) is 9.96. The molecule has 0 saturated heterocycles. The molecule has 1 fully saturated rings. The van der Waals surface area contributed by atoms with Crippen molar-refractivity contribution >= 4 is 6.03 Å². The minimum Gasteiger partial charge on any atom is -0.338 e. The molecule has 1 aliphatic carbocycles. The molecule has 0 aromatic rings. The Morgan fingerprint density at radius 2 is 2.12 bits per heavy atom. The lowest BCUT2D eigenvalue weighted by molar-refractivity contribution is 0.230. The smallest absolute Gasteiger partial charge is 0.315 e. The van der Waals surface area contributed by atoms with Crippen LogP contribution in [0.15, 0.2) is 0 Å². The maximum Gasteiger partial charge on any atom is 0.315 e. The van der Waals surface area contributed by atoms with Gasteiger partial charge >= 0.3 is 6.03 Å². The molecule has 0 radical (unpaired) electrons. The van der Waals surface area contributed by atoms with E-state index in [2.05, 4.69) is 16.7 Å². The topological polar surface area (TPSA) is 64.9 Å². The highest BCUT2D eigenvalue weighted by atomic mass is 16.2. The number of nitriles is 1. The molecule has 0 heterocycles. The molecule has 0 aliphatic heterocycles. The molecule has 2 amide bonds. The van der Waals surface area contributed by atoms with E-state index in [4.69, 9.17) is 5.26 Å². The zero-order chi connectivity index (χ0) is 11.8. The Hall–Kier alpha value is -1.24. The van der Waals surface area contributed by atoms with Gasteiger partial charge in [-0.1, -0.05) is 26.2 Å². The summed E-state index contributed by atoms with van der Waals surface area (Å²) in [6, 6.07) is 1.68. The first-order chi connectivity index (χ1) is 7.77. The molecule has 1 atom stereocenters. The van der Waals surface area contributed by atoms with Crippen molar-refractivity contribution < 1.29 is 4.79 Å². The summed E-state index contributed by atoms with van der Waals surface area (Å²) in [4.78, 5) is 11.4. The van der Waals surface area contributed by atoms with Crippen LogP contribution in [0.2, 0.25) is 0 Å². The lowest BCUT2D eigenvalue weighted by atomic mass is 9.84. The summed E-state index contributed by atoms with van der Waals surface area (Å²) in [5.41, 5.74) is 0. The highest BCUT2D eigenvalue weighted by Crippen LogP contribution is 2.26. The molecular weight excluding hydrogens is 202 g/mol. The minimum absolute atomic E-state index is 0.209. The third-order valence-electron chi connectivity index (χ3n) is 3.08. The van der Waals surface area contributed by atoms with E-state index in [1.807, 2.05) is 6.92 Å². The third-order valence-corrected chi connectivity index (χ3v) is 3.08. The van der Waals surface area contributed by atoms with Gasteiger partial charge in [0, 0.05) is 6.54 Å². The fraction of sp³-hybridized carbons (Fsp3) is 0.833. The van der Waals surface area contributed by atoms with Gasteiger partial charge in [-0.2, -0.15) is 5.26 Å². The summed E-state index contributed by atoms with van der Waals surface area (Å²) in [6.45, 7) is 2.66. The van der Waals surface area contributed by atoms with Gasteiger partial charge in [0.2, 0.25) is 0 Å². The van der Waals surface area contributed by atoms with Crippen molar-refractivity contribution in [2.45, 2.75) is 51.5 Å². The van der Waals surface area contributed by atoms with Crippen molar-refractivity contribution in [2.75, 3.05) is 6.54 Å². The zero-order valence-corrected chi connectivity index (χ0v) is 9.96. The van der Waals surface area contributed by atoms with Crippen LogP contribution in [0.5, 0.6) is 0 Å². The number of urea groups is 1. The maximum absolute atomic E-state index is 11.4. The van der Waals surface area contributed by atoms with Crippen molar-refractivity contribution in [1.82, 2.24) is 10.6 Å². The van der Waals surface area contributed by atoms with Crippen molar-refractivity contribution in [1.29, 1.82) is 5.26 Å². The summed E-state index contributed by atoms with van der Waals surface area (Å²) in [5, 5.41) is 14.6. The quantitative estimate of drug-likeness (QED) is 0.767. The first kappa shape index (κ1) is 12.8. The number of carbonyl (C=O) groups is 1. The van der Waals surface area contributed by atoms with E-state index >= 15 is 0 Å².